The topological polar surface area (TPSA) is 74.8 Å². The van der Waals surface area contributed by atoms with Crippen LogP contribution in [0.5, 0.6) is 0 Å². The summed E-state index contributed by atoms with van der Waals surface area (Å²) in [5.74, 6) is -2.65. The van der Waals surface area contributed by atoms with Crippen molar-refractivity contribution >= 4 is 98.8 Å². The van der Waals surface area contributed by atoms with E-state index in [2.05, 4.69) is 63.7 Å². The van der Waals surface area contributed by atoms with Crippen LogP contribution >= 0.6 is 75.3 Å². The van der Waals surface area contributed by atoms with Crippen LogP contribution in [-0.4, -0.2) is 39.6 Å². The van der Waals surface area contributed by atoms with Crippen molar-refractivity contribution in [3.8, 4) is 0 Å². The van der Waals surface area contributed by atoms with Crippen LogP contribution in [0.4, 0.5) is 0 Å². The van der Waals surface area contributed by atoms with Gasteiger partial charge in [0.25, 0.3) is 17.7 Å². The standard InChI is InChI=1S/C24H13Br4ClN2O4/c1-11(21(32)12-5-3-2-4-6-12)30(22(33)13-7-9-14(29)10-8-13)31-23(34)15-16(24(31)35)18(26)20(28)19(27)17(15)25/h2-11H,1H3/t11-/m0/s1. The molecule has 0 spiro atoms. The van der Waals surface area contributed by atoms with Gasteiger partial charge in [0.15, 0.2) is 5.78 Å². The second kappa shape index (κ2) is 10.3. The molecule has 0 saturated carbocycles. The van der Waals surface area contributed by atoms with Crippen molar-refractivity contribution in [2.75, 3.05) is 0 Å². The van der Waals surface area contributed by atoms with Crippen molar-refractivity contribution < 1.29 is 19.2 Å². The van der Waals surface area contributed by atoms with Gasteiger partial charge in [-0.3, -0.25) is 19.2 Å². The first-order chi connectivity index (χ1) is 16.6. The Bertz CT molecular complexity index is 1350. The number of halogens is 5. The van der Waals surface area contributed by atoms with Crippen LogP contribution in [0.15, 0.2) is 72.5 Å². The number of fused-ring (bicyclic) bond motifs is 1. The van der Waals surface area contributed by atoms with Gasteiger partial charge in [-0.15, -0.1) is 0 Å². The van der Waals surface area contributed by atoms with Crippen LogP contribution in [0.25, 0.3) is 0 Å². The predicted octanol–water partition coefficient (Wildman–Crippen LogP) is 7.31. The van der Waals surface area contributed by atoms with Crippen LogP contribution in [0.2, 0.25) is 5.02 Å². The number of hydrogen-bond acceptors (Lipinski definition) is 4. The summed E-state index contributed by atoms with van der Waals surface area (Å²) in [5.41, 5.74) is 0.605. The Morgan fingerprint density at radius 1 is 0.771 bits per heavy atom. The number of hydrazine groups is 1. The molecule has 3 aromatic rings. The lowest BCUT2D eigenvalue weighted by atomic mass is 10.0. The molecule has 6 nitrogen and oxygen atoms in total. The maximum Gasteiger partial charge on any atom is 0.282 e. The molecule has 0 fully saturated rings. The summed E-state index contributed by atoms with van der Waals surface area (Å²) in [6, 6.07) is 13.1. The zero-order chi connectivity index (χ0) is 25.6. The van der Waals surface area contributed by atoms with Crippen molar-refractivity contribution in [1.29, 1.82) is 0 Å². The number of hydrogen-bond donors (Lipinski definition) is 0. The molecule has 35 heavy (non-hydrogen) atoms. The van der Waals surface area contributed by atoms with Crippen LogP contribution in [-0.2, 0) is 0 Å². The number of carbonyl (C=O) groups excluding carboxylic acids is 4. The van der Waals surface area contributed by atoms with Gasteiger partial charge in [0, 0.05) is 34.0 Å². The Morgan fingerprint density at radius 2 is 1.26 bits per heavy atom. The molecule has 0 N–H and O–H groups in total. The summed E-state index contributed by atoms with van der Waals surface area (Å²) in [6.45, 7) is 1.47. The number of Topliss-reactive ketones (excluding diaryl/α,β-unsaturated/α-hetero) is 1. The molecule has 1 aliphatic heterocycles. The monoisotopic (exact) mass is 744 g/mol. The van der Waals surface area contributed by atoms with Crippen molar-refractivity contribution in [1.82, 2.24) is 10.0 Å². The highest BCUT2D eigenvalue weighted by Gasteiger charge is 2.48. The molecular weight excluding hydrogens is 735 g/mol. The first kappa shape index (κ1) is 26.2. The van der Waals surface area contributed by atoms with Gasteiger partial charge < -0.3 is 0 Å². The molecular formula is C24H13Br4ClN2O4. The molecule has 11 heteroatoms. The molecule has 178 valence electrons. The normalized spacial score (nSPS) is 13.6. The molecule has 0 unspecified atom stereocenters. The van der Waals surface area contributed by atoms with Gasteiger partial charge in [-0.1, -0.05) is 41.9 Å². The van der Waals surface area contributed by atoms with Crippen LogP contribution in [0, 0.1) is 0 Å². The van der Waals surface area contributed by atoms with Gasteiger partial charge in [0.05, 0.1) is 11.1 Å². The lowest BCUT2D eigenvalue weighted by Crippen LogP contribution is -2.56. The van der Waals surface area contributed by atoms with E-state index in [1.54, 1.807) is 30.3 Å². The minimum absolute atomic E-state index is 0.0604. The lowest BCUT2D eigenvalue weighted by Gasteiger charge is -2.34. The molecule has 0 aliphatic carbocycles. The Hall–Kier alpha value is -1.85. The van der Waals surface area contributed by atoms with Gasteiger partial charge in [0.1, 0.15) is 6.04 Å². The van der Waals surface area contributed by atoms with Gasteiger partial charge in [-0.25, -0.2) is 5.01 Å². The first-order valence-corrected chi connectivity index (χ1v) is 13.5. The molecule has 0 saturated heterocycles. The molecule has 0 bridgehead atoms. The van der Waals surface area contributed by atoms with Crippen molar-refractivity contribution in [3.63, 3.8) is 0 Å². The first-order valence-electron chi connectivity index (χ1n) is 9.99. The lowest BCUT2D eigenvalue weighted by molar-refractivity contribution is -0.00685. The van der Waals surface area contributed by atoms with Crippen LogP contribution in [0.1, 0.15) is 48.4 Å². The summed E-state index contributed by atoms with van der Waals surface area (Å²) in [5, 5.41) is 2.04. The molecule has 3 aromatic carbocycles. The quantitative estimate of drug-likeness (QED) is 0.119. The number of carbonyl (C=O) groups is 4. The Labute approximate surface area is 239 Å². The second-order valence-corrected chi connectivity index (χ2v) is 11.1. The van der Waals surface area contributed by atoms with Gasteiger partial charge in [0.2, 0.25) is 0 Å². The summed E-state index contributed by atoms with van der Waals surface area (Å²) >= 11 is 19.5. The Balaban J connectivity index is 1.87. The fourth-order valence-corrected chi connectivity index (χ4v) is 6.24. The van der Waals surface area contributed by atoms with Crippen molar-refractivity contribution in [3.05, 3.63) is 99.8 Å². The third kappa shape index (κ3) is 4.55. The fourth-order valence-electron chi connectivity index (χ4n) is 3.65. The molecule has 0 aromatic heterocycles. The van der Waals surface area contributed by atoms with Gasteiger partial charge in [-0.2, -0.15) is 5.01 Å². The molecule has 1 aliphatic rings. The minimum atomic E-state index is -1.19. The molecule has 4 rings (SSSR count). The maximum atomic E-state index is 13.7. The average molecular weight is 748 g/mol. The van der Waals surface area contributed by atoms with E-state index in [4.69, 9.17) is 11.6 Å². The molecule has 1 atom stereocenters. The van der Waals surface area contributed by atoms with Crippen molar-refractivity contribution in [2.24, 2.45) is 0 Å². The van der Waals surface area contributed by atoms with E-state index in [9.17, 15) is 19.2 Å². The third-order valence-electron chi connectivity index (χ3n) is 5.40. The largest absolute Gasteiger partial charge is 0.292 e. The Morgan fingerprint density at radius 3 is 1.74 bits per heavy atom. The van der Waals surface area contributed by atoms with E-state index in [-0.39, 0.29) is 16.7 Å². The zero-order valence-corrected chi connectivity index (χ0v) is 24.8. The van der Waals surface area contributed by atoms with E-state index in [0.717, 1.165) is 10.0 Å². The van der Waals surface area contributed by atoms with E-state index in [1.165, 1.54) is 31.2 Å². The fraction of sp³-hybridized carbons (Fsp3) is 0.0833. The van der Waals surface area contributed by atoms with E-state index in [0.29, 0.717) is 28.5 Å². The summed E-state index contributed by atoms with van der Waals surface area (Å²) in [4.78, 5) is 54.3. The smallest absolute Gasteiger partial charge is 0.282 e. The Kier molecular flexibility index (Phi) is 7.68. The predicted molar refractivity (Wildman–Crippen MR) is 146 cm³/mol. The zero-order valence-electron chi connectivity index (χ0n) is 17.7. The maximum absolute atomic E-state index is 13.7. The number of benzene rings is 3. The van der Waals surface area contributed by atoms with E-state index >= 15 is 0 Å². The SMILES string of the molecule is C[C@@H](C(=O)c1ccccc1)N(C(=O)c1ccc(Cl)cc1)N1C(=O)c2c(Br)c(Br)c(Br)c(Br)c2C1=O. The second-order valence-electron chi connectivity index (χ2n) is 7.49. The minimum Gasteiger partial charge on any atom is -0.292 e. The highest BCUT2D eigenvalue weighted by molar-refractivity contribution is 9.15. The number of ketones is 1. The van der Waals surface area contributed by atoms with Crippen LogP contribution in [0.3, 0.4) is 0 Å². The van der Waals surface area contributed by atoms with Crippen LogP contribution < -0.4 is 0 Å². The molecule has 0 radical (unpaired) electrons. The van der Waals surface area contributed by atoms with E-state index < -0.39 is 29.5 Å². The summed E-state index contributed by atoms with van der Waals surface area (Å²) in [6.07, 6.45) is 0. The van der Waals surface area contributed by atoms with Crippen molar-refractivity contribution in [2.45, 2.75) is 13.0 Å². The highest BCUT2D eigenvalue weighted by Crippen LogP contribution is 2.45. The van der Waals surface area contributed by atoms with E-state index in [1.807, 2.05) is 0 Å². The summed E-state index contributed by atoms with van der Waals surface area (Å²) < 4.78 is 1.69. The molecule has 3 amide bonds. The van der Waals surface area contributed by atoms with Gasteiger partial charge >= 0.3 is 0 Å². The number of imide groups is 1. The number of rotatable bonds is 5. The average Bonchev–Trinajstić information content (AvgIpc) is 3.12. The number of amides is 3. The number of nitrogens with zero attached hydrogens (tertiary/aromatic N) is 2. The molecule has 1 heterocycles. The third-order valence-corrected chi connectivity index (χ3v) is 10.4. The highest BCUT2D eigenvalue weighted by atomic mass is 79.9. The van der Waals surface area contributed by atoms with Gasteiger partial charge in [-0.05, 0) is 94.9 Å². The summed E-state index contributed by atoms with van der Waals surface area (Å²) in [7, 11) is 0.